The number of hydrogen-bond acceptors (Lipinski definition) is 6. The lowest BCUT2D eigenvalue weighted by Gasteiger charge is -2.40. The first-order valence-corrected chi connectivity index (χ1v) is 10.4. The van der Waals surface area contributed by atoms with Gasteiger partial charge in [-0.2, -0.15) is 0 Å². The van der Waals surface area contributed by atoms with Crippen molar-refractivity contribution in [2.45, 2.75) is 65.0 Å². The number of aromatic nitrogens is 1. The Balaban J connectivity index is 1.46. The maximum Gasteiger partial charge on any atom is 0.410 e. The Morgan fingerprint density at radius 1 is 1.24 bits per heavy atom. The molecule has 2 heterocycles. The average Bonchev–Trinajstić information content (AvgIpc) is 3.37. The van der Waals surface area contributed by atoms with Crippen LogP contribution < -0.4 is 4.74 Å². The molecule has 1 saturated carbocycles. The lowest BCUT2D eigenvalue weighted by atomic mass is 10.1. The van der Waals surface area contributed by atoms with E-state index in [9.17, 15) is 9.59 Å². The van der Waals surface area contributed by atoms with Crippen molar-refractivity contribution in [2.24, 2.45) is 11.8 Å². The second-order valence-electron chi connectivity index (χ2n) is 9.27. The van der Waals surface area contributed by atoms with E-state index in [1.165, 1.54) is 0 Å². The Morgan fingerprint density at radius 2 is 2.00 bits per heavy atom. The van der Waals surface area contributed by atoms with Gasteiger partial charge in [0, 0.05) is 18.7 Å². The molecule has 3 rings (SSSR count). The third-order valence-corrected chi connectivity index (χ3v) is 5.21. The van der Waals surface area contributed by atoms with E-state index in [1.807, 2.05) is 46.9 Å². The van der Waals surface area contributed by atoms with Crippen molar-refractivity contribution >= 4 is 12.1 Å². The van der Waals surface area contributed by atoms with Gasteiger partial charge in [-0.15, -0.1) is 0 Å². The Morgan fingerprint density at radius 3 is 2.62 bits per heavy atom. The highest BCUT2D eigenvalue weighted by molar-refractivity contribution is 5.71. The number of ether oxygens (including phenoxy) is 3. The number of pyridine rings is 1. The average molecular weight is 405 g/mol. The molecule has 0 N–H and O–H groups in total. The fourth-order valence-electron chi connectivity index (χ4n) is 3.28. The molecule has 0 spiro atoms. The van der Waals surface area contributed by atoms with E-state index < -0.39 is 5.60 Å². The van der Waals surface area contributed by atoms with E-state index in [2.05, 4.69) is 4.98 Å². The first-order valence-electron chi connectivity index (χ1n) is 10.4. The first kappa shape index (κ1) is 21.4. The highest BCUT2D eigenvalue weighted by atomic mass is 16.6. The van der Waals surface area contributed by atoms with Gasteiger partial charge >= 0.3 is 12.1 Å². The fraction of sp³-hybridized carbons (Fsp3) is 0.682. The highest BCUT2D eigenvalue weighted by Crippen LogP contribution is 2.48. The standard InChI is InChI=1S/C22H32N2O5/c1-14(2)20(25)28-12-16-9-19(16)15-8-18(11-23-10-15)27-13-17-6-7-24(17)21(26)29-22(3,4)5/h8,10-11,14,16-17,19H,6-7,9,12-13H2,1-5H3/t16-,17-,19?/m0/s1. The molecule has 0 aromatic carbocycles. The first-order chi connectivity index (χ1) is 13.6. The summed E-state index contributed by atoms with van der Waals surface area (Å²) in [5, 5.41) is 0. The van der Waals surface area contributed by atoms with Crippen molar-refractivity contribution in [3.8, 4) is 5.75 Å². The molecule has 0 radical (unpaired) electrons. The SMILES string of the molecule is CC(C)C(=O)OC[C@@H]1CC1c1cncc(OC[C@@H]2CCN2C(=O)OC(C)(C)C)c1. The molecule has 0 bridgehead atoms. The molecule has 1 aliphatic carbocycles. The van der Waals surface area contributed by atoms with Crippen molar-refractivity contribution in [1.82, 2.24) is 9.88 Å². The van der Waals surface area contributed by atoms with Gasteiger partial charge in [0.15, 0.2) is 0 Å². The zero-order valence-corrected chi connectivity index (χ0v) is 18.0. The van der Waals surface area contributed by atoms with Crippen molar-refractivity contribution in [3.05, 3.63) is 24.0 Å². The third-order valence-electron chi connectivity index (χ3n) is 5.21. The zero-order valence-electron chi connectivity index (χ0n) is 18.0. The topological polar surface area (TPSA) is 78.0 Å². The van der Waals surface area contributed by atoms with E-state index in [0.29, 0.717) is 37.3 Å². The molecule has 7 nitrogen and oxygen atoms in total. The van der Waals surface area contributed by atoms with E-state index in [1.54, 1.807) is 11.1 Å². The van der Waals surface area contributed by atoms with Crippen molar-refractivity contribution in [1.29, 1.82) is 0 Å². The summed E-state index contributed by atoms with van der Waals surface area (Å²) in [6.07, 6.45) is 5.14. The summed E-state index contributed by atoms with van der Waals surface area (Å²) >= 11 is 0. The number of carbonyl (C=O) groups is 2. The molecule has 160 valence electrons. The summed E-state index contributed by atoms with van der Waals surface area (Å²) in [4.78, 5) is 29.8. The molecule has 1 aliphatic heterocycles. The van der Waals surface area contributed by atoms with Crippen LogP contribution in [0.5, 0.6) is 5.75 Å². The Bertz CT molecular complexity index is 743. The van der Waals surface area contributed by atoms with E-state index in [-0.39, 0.29) is 24.0 Å². The molecular weight excluding hydrogens is 372 g/mol. The molecule has 2 fully saturated rings. The minimum absolute atomic E-state index is 0.0256. The number of rotatable bonds is 7. The number of amides is 1. The van der Waals surface area contributed by atoms with Crippen LogP contribution in [0, 0.1) is 11.8 Å². The van der Waals surface area contributed by atoms with Crippen LogP contribution in [-0.2, 0) is 14.3 Å². The smallest absolute Gasteiger partial charge is 0.410 e. The van der Waals surface area contributed by atoms with Crippen LogP contribution in [0.15, 0.2) is 18.5 Å². The van der Waals surface area contributed by atoms with Crippen molar-refractivity contribution < 1.29 is 23.8 Å². The lowest BCUT2D eigenvalue weighted by molar-refractivity contribution is -0.147. The quantitative estimate of drug-likeness (QED) is 0.644. The number of hydrogen-bond donors (Lipinski definition) is 0. The van der Waals surface area contributed by atoms with Crippen LogP contribution in [0.25, 0.3) is 0 Å². The minimum atomic E-state index is -0.499. The largest absolute Gasteiger partial charge is 0.490 e. The molecule has 1 aromatic rings. The van der Waals surface area contributed by atoms with Gasteiger partial charge < -0.3 is 19.1 Å². The van der Waals surface area contributed by atoms with Gasteiger partial charge in [-0.25, -0.2) is 4.79 Å². The van der Waals surface area contributed by atoms with Gasteiger partial charge in [0.2, 0.25) is 0 Å². The molecule has 3 atom stereocenters. The molecule has 1 unspecified atom stereocenters. The number of nitrogens with zero attached hydrogens (tertiary/aromatic N) is 2. The summed E-state index contributed by atoms with van der Waals surface area (Å²) in [6.45, 7) is 10.8. The molecule has 1 aromatic heterocycles. The van der Waals surface area contributed by atoms with E-state index in [4.69, 9.17) is 14.2 Å². The predicted octanol–water partition coefficient (Wildman–Crippen LogP) is 3.77. The summed E-state index contributed by atoms with van der Waals surface area (Å²) in [6, 6.07) is 2.02. The molecule has 2 aliphatic rings. The number of carbonyl (C=O) groups excluding carboxylic acids is 2. The predicted molar refractivity (Wildman–Crippen MR) is 108 cm³/mol. The van der Waals surface area contributed by atoms with Crippen LogP contribution in [0.2, 0.25) is 0 Å². The van der Waals surface area contributed by atoms with Gasteiger partial charge in [0.25, 0.3) is 0 Å². The van der Waals surface area contributed by atoms with Crippen LogP contribution in [0.4, 0.5) is 4.79 Å². The summed E-state index contributed by atoms with van der Waals surface area (Å²) in [5.74, 6) is 1.15. The second kappa shape index (κ2) is 8.59. The van der Waals surface area contributed by atoms with Crippen LogP contribution in [0.1, 0.15) is 58.9 Å². The second-order valence-corrected chi connectivity index (χ2v) is 9.27. The fourth-order valence-corrected chi connectivity index (χ4v) is 3.28. The van der Waals surface area contributed by atoms with Crippen LogP contribution >= 0.6 is 0 Å². The van der Waals surface area contributed by atoms with Gasteiger partial charge in [-0.1, -0.05) is 13.8 Å². The van der Waals surface area contributed by atoms with Crippen LogP contribution in [-0.4, -0.2) is 53.3 Å². The van der Waals surface area contributed by atoms with Crippen LogP contribution in [0.3, 0.4) is 0 Å². The highest BCUT2D eigenvalue weighted by Gasteiger charge is 2.40. The molecule has 1 saturated heterocycles. The van der Waals surface area contributed by atoms with E-state index in [0.717, 1.165) is 18.4 Å². The summed E-state index contributed by atoms with van der Waals surface area (Å²) in [5.41, 5.74) is 0.603. The monoisotopic (exact) mass is 404 g/mol. The molecule has 29 heavy (non-hydrogen) atoms. The Labute approximate surface area is 172 Å². The Hall–Kier alpha value is -2.31. The van der Waals surface area contributed by atoms with Gasteiger partial charge in [-0.05, 0) is 51.2 Å². The normalized spacial score (nSPS) is 23.4. The maximum atomic E-state index is 12.2. The number of likely N-dealkylation sites (tertiary alicyclic amines) is 1. The van der Waals surface area contributed by atoms with Gasteiger partial charge in [0.1, 0.15) is 18.0 Å². The molecule has 7 heteroatoms. The minimum Gasteiger partial charge on any atom is -0.490 e. The number of esters is 1. The maximum absolute atomic E-state index is 12.2. The third kappa shape index (κ3) is 5.84. The molecule has 1 amide bonds. The van der Waals surface area contributed by atoms with Crippen molar-refractivity contribution in [2.75, 3.05) is 19.8 Å². The zero-order chi connectivity index (χ0) is 21.2. The lowest BCUT2D eigenvalue weighted by Crippen LogP contribution is -2.55. The Kier molecular flexibility index (Phi) is 6.34. The molecular formula is C22H32N2O5. The summed E-state index contributed by atoms with van der Waals surface area (Å²) < 4.78 is 16.7. The van der Waals surface area contributed by atoms with Gasteiger partial charge in [0.05, 0.1) is 24.8 Å². The van der Waals surface area contributed by atoms with Gasteiger partial charge in [-0.3, -0.25) is 9.78 Å². The van der Waals surface area contributed by atoms with E-state index >= 15 is 0 Å². The van der Waals surface area contributed by atoms with Crippen molar-refractivity contribution in [3.63, 3.8) is 0 Å². The summed E-state index contributed by atoms with van der Waals surface area (Å²) in [7, 11) is 0.